The van der Waals surface area contributed by atoms with E-state index in [0.29, 0.717) is 29.6 Å². The van der Waals surface area contributed by atoms with Crippen LogP contribution in [-0.2, 0) is 4.79 Å². The monoisotopic (exact) mass is 347 g/mol. The number of amides is 1. The van der Waals surface area contributed by atoms with Gasteiger partial charge in [0.1, 0.15) is 17.5 Å². The van der Waals surface area contributed by atoms with E-state index in [1.165, 1.54) is 0 Å². The van der Waals surface area contributed by atoms with Gasteiger partial charge in [-0.15, -0.1) is 12.4 Å². The van der Waals surface area contributed by atoms with Crippen molar-refractivity contribution in [3.05, 3.63) is 54.7 Å². The van der Waals surface area contributed by atoms with Crippen LogP contribution in [0.3, 0.4) is 0 Å². The molecule has 0 aliphatic carbocycles. The zero-order chi connectivity index (χ0) is 16.1. The number of anilines is 1. The summed E-state index contributed by atoms with van der Waals surface area (Å²) in [7, 11) is 1.60. The fourth-order valence-electron chi connectivity index (χ4n) is 2.17. The van der Waals surface area contributed by atoms with Crippen molar-refractivity contribution in [3.63, 3.8) is 0 Å². The Balaban J connectivity index is 0.00000208. The Kier molecular flexibility index (Phi) is 6.17. The van der Waals surface area contributed by atoms with Crippen LogP contribution < -0.4 is 20.1 Å². The van der Waals surface area contributed by atoms with E-state index in [1.54, 1.807) is 31.5 Å². The molecule has 1 unspecified atom stereocenters. The third-order valence-corrected chi connectivity index (χ3v) is 3.33. The van der Waals surface area contributed by atoms with Crippen LogP contribution in [0.5, 0.6) is 17.4 Å². The Hall–Kier alpha value is -2.57. The Bertz CT molecular complexity index is 719. The molecule has 0 fully saturated rings. The van der Waals surface area contributed by atoms with Crippen LogP contribution in [0.2, 0.25) is 0 Å². The second kappa shape index (κ2) is 8.33. The molecule has 1 amide bonds. The molecule has 1 aromatic heterocycles. The molecule has 1 aliphatic heterocycles. The molecule has 1 aliphatic rings. The quantitative estimate of drug-likeness (QED) is 0.814. The zero-order valence-electron chi connectivity index (χ0n) is 13.1. The Morgan fingerprint density at radius 1 is 1.29 bits per heavy atom. The first-order valence-corrected chi connectivity index (χ1v) is 7.23. The minimum absolute atomic E-state index is 0. The molecule has 6 nitrogen and oxygen atoms in total. The molecule has 0 saturated carbocycles. The van der Waals surface area contributed by atoms with Crippen LogP contribution in [0.15, 0.2) is 54.7 Å². The molecule has 2 heterocycles. The largest absolute Gasteiger partial charge is 0.497 e. The van der Waals surface area contributed by atoms with E-state index in [9.17, 15) is 4.79 Å². The highest BCUT2D eigenvalue weighted by Crippen LogP contribution is 2.24. The lowest BCUT2D eigenvalue weighted by Gasteiger charge is -2.11. The first kappa shape index (κ1) is 17.8. The molecular formula is C17H18ClN3O3. The van der Waals surface area contributed by atoms with E-state index in [2.05, 4.69) is 15.6 Å². The number of carbonyl (C=O) groups is 1. The number of carbonyl (C=O) groups excluding carboxylic acids is 1. The van der Waals surface area contributed by atoms with Crippen LogP contribution >= 0.6 is 12.4 Å². The van der Waals surface area contributed by atoms with Gasteiger partial charge in [-0.05, 0) is 18.2 Å². The summed E-state index contributed by atoms with van der Waals surface area (Å²) in [6, 6.07) is 10.4. The number of hydrogen-bond donors (Lipinski definition) is 2. The SMILES string of the molecule is COc1cccc(Oc2ccc(NC(=O)C3C=CCN3)cn2)c1.Cl. The van der Waals surface area contributed by atoms with Crippen molar-refractivity contribution >= 4 is 24.0 Å². The maximum absolute atomic E-state index is 12.0. The molecule has 126 valence electrons. The van der Waals surface area contributed by atoms with Crippen molar-refractivity contribution in [2.24, 2.45) is 0 Å². The molecule has 3 rings (SSSR count). The van der Waals surface area contributed by atoms with Crippen molar-refractivity contribution in [3.8, 4) is 17.4 Å². The summed E-state index contributed by atoms with van der Waals surface area (Å²) in [6.07, 6.45) is 5.32. The highest BCUT2D eigenvalue weighted by atomic mass is 35.5. The van der Waals surface area contributed by atoms with Gasteiger partial charge < -0.3 is 14.8 Å². The standard InChI is InChI=1S/C17H17N3O3.ClH/c1-22-13-4-2-5-14(10-13)23-16-8-7-12(11-19-16)20-17(21)15-6-3-9-18-15;/h2-8,10-11,15,18H,9H2,1H3,(H,20,21);1H. The van der Waals surface area contributed by atoms with Gasteiger partial charge in [-0.1, -0.05) is 18.2 Å². The molecular weight excluding hydrogens is 330 g/mol. The molecule has 0 radical (unpaired) electrons. The topological polar surface area (TPSA) is 72.5 Å². The number of nitrogens with one attached hydrogen (secondary N) is 2. The lowest BCUT2D eigenvalue weighted by Crippen LogP contribution is -2.35. The lowest BCUT2D eigenvalue weighted by atomic mass is 10.3. The van der Waals surface area contributed by atoms with Crippen LogP contribution in [0, 0.1) is 0 Å². The fraction of sp³-hybridized carbons (Fsp3) is 0.176. The zero-order valence-corrected chi connectivity index (χ0v) is 13.9. The first-order valence-electron chi connectivity index (χ1n) is 7.23. The van der Waals surface area contributed by atoms with E-state index < -0.39 is 0 Å². The highest BCUT2D eigenvalue weighted by Gasteiger charge is 2.17. The van der Waals surface area contributed by atoms with E-state index in [-0.39, 0.29) is 24.4 Å². The first-order chi connectivity index (χ1) is 11.2. The fourth-order valence-corrected chi connectivity index (χ4v) is 2.17. The molecule has 1 atom stereocenters. The molecule has 24 heavy (non-hydrogen) atoms. The van der Waals surface area contributed by atoms with Gasteiger partial charge in [-0.2, -0.15) is 0 Å². The van der Waals surface area contributed by atoms with E-state index >= 15 is 0 Å². The van der Waals surface area contributed by atoms with Gasteiger partial charge in [0.05, 0.1) is 19.0 Å². The predicted octanol–water partition coefficient (Wildman–Crippen LogP) is 2.77. The van der Waals surface area contributed by atoms with Gasteiger partial charge in [0.15, 0.2) is 0 Å². The van der Waals surface area contributed by atoms with E-state index in [1.807, 2.05) is 30.4 Å². The van der Waals surface area contributed by atoms with Crippen LogP contribution in [0.1, 0.15) is 0 Å². The van der Waals surface area contributed by atoms with Crippen molar-refractivity contribution in [1.82, 2.24) is 10.3 Å². The molecule has 2 aromatic rings. The van der Waals surface area contributed by atoms with Gasteiger partial charge in [0.2, 0.25) is 11.8 Å². The van der Waals surface area contributed by atoms with Crippen molar-refractivity contribution < 1.29 is 14.3 Å². The number of aromatic nitrogens is 1. The van der Waals surface area contributed by atoms with Crippen LogP contribution in [0.25, 0.3) is 0 Å². The molecule has 7 heteroatoms. The van der Waals surface area contributed by atoms with E-state index in [0.717, 1.165) is 0 Å². The molecule has 2 N–H and O–H groups in total. The number of benzene rings is 1. The number of methoxy groups -OCH3 is 1. The number of halogens is 1. The van der Waals surface area contributed by atoms with Crippen molar-refractivity contribution in [2.45, 2.75) is 6.04 Å². The van der Waals surface area contributed by atoms with Gasteiger partial charge in [-0.3, -0.25) is 10.1 Å². The van der Waals surface area contributed by atoms with E-state index in [4.69, 9.17) is 9.47 Å². The number of hydrogen-bond acceptors (Lipinski definition) is 5. The smallest absolute Gasteiger partial charge is 0.245 e. The summed E-state index contributed by atoms with van der Waals surface area (Å²) in [4.78, 5) is 16.2. The molecule has 0 spiro atoms. The number of ether oxygens (including phenoxy) is 2. The molecule has 0 saturated heterocycles. The molecule has 1 aromatic carbocycles. The minimum atomic E-state index is -0.289. The predicted molar refractivity (Wildman–Crippen MR) is 94.1 cm³/mol. The number of pyridine rings is 1. The van der Waals surface area contributed by atoms with Gasteiger partial charge in [0.25, 0.3) is 0 Å². The third kappa shape index (κ3) is 4.47. The van der Waals surface area contributed by atoms with Crippen molar-refractivity contribution in [1.29, 1.82) is 0 Å². The van der Waals surface area contributed by atoms with Crippen LogP contribution in [0.4, 0.5) is 5.69 Å². The highest BCUT2D eigenvalue weighted by molar-refractivity contribution is 5.96. The molecule has 0 bridgehead atoms. The summed E-state index contributed by atoms with van der Waals surface area (Å²) in [5.74, 6) is 1.68. The second-order valence-electron chi connectivity index (χ2n) is 4.97. The summed E-state index contributed by atoms with van der Waals surface area (Å²) in [5, 5.41) is 5.85. The normalized spacial score (nSPS) is 15.5. The average Bonchev–Trinajstić information content (AvgIpc) is 3.11. The maximum atomic E-state index is 12.0. The van der Waals surface area contributed by atoms with Gasteiger partial charge in [-0.25, -0.2) is 4.98 Å². The Labute approximate surface area is 146 Å². The van der Waals surface area contributed by atoms with Crippen molar-refractivity contribution in [2.75, 3.05) is 19.0 Å². The lowest BCUT2D eigenvalue weighted by molar-refractivity contribution is -0.116. The number of rotatable bonds is 5. The van der Waals surface area contributed by atoms with Crippen LogP contribution in [-0.4, -0.2) is 30.6 Å². The summed E-state index contributed by atoms with van der Waals surface area (Å²) in [6.45, 7) is 0.712. The van der Waals surface area contributed by atoms with Gasteiger partial charge in [0, 0.05) is 18.7 Å². The third-order valence-electron chi connectivity index (χ3n) is 3.33. The maximum Gasteiger partial charge on any atom is 0.245 e. The number of nitrogens with zero attached hydrogens (tertiary/aromatic N) is 1. The van der Waals surface area contributed by atoms with Gasteiger partial charge >= 0.3 is 0 Å². The average molecular weight is 348 g/mol. The summed E-state index contributed by atoms with van der Waals surface area (Å²) < 4.78 is 10.8. The summed E-state index contributed by atoms with van der Waals surface area (Å²) in [5.41, 5.74) is 0.620. The summed E-state index contributed by atoms with van der Waals surface area (Å²) >= 11 is 0. The minimum Gasteiger partial charge on any atom is -0.497 e. The Morgan fingerprint density at radius 3 is 2.79 bits per heavy atom. The second-order valence-corrected chi connectivity index (χ2v) is 4.97. The Morgan fingerprint density at radius 2 is 2.12 bits per heavy atom.